The minimum atomic E-state index is 0.611. The molecule has 6 heteroatoms. The lowest BCUT2D eigenvalue weighted by atomic mass is 10.1. The molecular weight excluding hydrogens is 1250 g/mol. The first-order valence-electron chi connectivity index (χ1n) is 44.7. The van der Waals surface area contributed by atoms with Crippen LogP contribution >= 0.6 is 0 Å². The van der Waals surface area contributed by atoms with E-state index in [2.05, 4.69) is 115 Å². The Morgan fingerprint density at radius 1 is 0.167 bits per heavy atom. The molecule has 0 atom stereocenters. The van der Waals surface area contributed by atoms with Crippen LogP contribution in [-0.2, 0) is 0 Å². The van der Waals surface area contributed by atoms with Gasteiger partial charge in [0, 0.05) is 12.1 Å². The summed E-state index contributed by atoms with van der Waals surface area (Å²) in [6.07, 6.45) is 77.2. The fourth-order valence-corrected chi connectivity index (χ4v) is 14.0. The molecule has 0 aliphatic rings. The highest BCUT2D eigenvalue weighted by Crippen LogP contribution is 2.34. The molecule has 0 saturated carbocycles. The van der Waals surface area contributed by atoms with Crippen molar-refractivity contribution in [3.8, 4) is 58.2 Å². The van der Waals surface area contributed by atoms with Crippen LogP contribution < -0.4 is 28.4 Å². The third-order valence-electron chi connectivity index (χ3n) is 20.8. The first kappa shape index (κ1) is 91.8. The van der Waals surface area contributed by atoms with Gasteiger partial charge in [-0.3, -0.25) is 0 Å². The van der Waals surface area contributed by atoms with Gasteiger partial charge >= 0.3 is 0 Å². The monoisotopic (exact) mass is 1410 g/mol. The first-order chi connectivity index (χ1) is 50.4. The molecular formula is C96H162O6. The topological polar surface area (TPSA) is 55.4 Å². The molecule has 0 N–H and O–H groups in total. The van der Waals surface area contributed by atoms with Crippen LogP contribution in [0.1, 0.15) is 460 Å². The number of aryl methyl sites for hydroxylation is 2. The maximum atomic E-state index is 6.96. The van der Waals surface area contributed by atoms with Crippen LogP contribution in [0.25, 0.3) is 0 Å². The SMILES string of the molecule is CCCCCCCCCCCCOc1cc(C#Cc2cc(OCCCCCCCCCCCC)c(C#Cc3cc(OCCCCCCCCCCCC)c(C)cc3OCCCCCCCCCCCC)cc2OCCCCCCCCCCCC)c(OCCCCCCCCCCCC)cc1C. The van der Waals surface area contributed by atoms with E-state index in [1.807, 2.05) is 0 Å². The molecule has 6 nitrogen and oxygen atoms in total. The Morgan fingerprint density at radius 2 is 0.294 bits per heavy atom. The summed E-state index contributed by atoms with van der Waals surface area (Å²) in [5.41, 5.74) is 5.48. The van der Waals surface area contributed by atoms with E-state index in [0.29, 0.717) is 39.6 Å². The zero-order chi connectivity index (χ0) is 72.9. The van der Waals surface area contributed by atoms with Gasteiger partial charge < -0.3 is 28.4 Å². The summed E-state index contributed by atoms with van der Waals surface area (Å²) in [7, 11) is 0. The highest BCUT2D eigenvalue weighted by molar-refractivity contribution is 5.63. The number of benzene rings is 3. The minimum absolute atomic E-state index is 0.611. The van der Waals surface area contributed by atoms with E-state index in [1.54, 1.807) is 0 Å². The summed E-state index contributed by atoms with van der Waals surface area (Å²) >= 11 is 0. The predicted octanol–water partition coefficient (Wildman–Crippen LogP) is 30.9. The Labute approximate surface area is 633 Å². The quantitative estimate of drug-likeness (QED) is 0.0415. The smallest absolute Gasteiger partial charge is 0.136 e. The van der Waals surface area contributed by atoms with Gasteiger partial charge in [-0.25, -0.2) is 0 Å². The van der Waals surface area contributed by atoms with Gasteiger partial charge in [0.2, 0.25) is 0 Å². The molecule has 102 heavy (non-hydrogen) atoms. The van der Waals surface area contributed by atoms with Gasteiger partial charge in [0.05, 0.1) is 61.9 Å². The summed E-state index contributed by atoms with van der Waals surface area (Å²) in [5, 5.41) is 0. The molecule has 0 aromatic heterocycles. The lowest BCUT2D eigenvalue weighted by Crippen LogP contribution is -2.04. The Hall–Kier alpha value is -4.42. The van der Waals surface area contributed by atoms with Gasteiger partial charge in [0.15, 0.2) is 0 Å². The lowest BCUT2D eigenvalue weighted by molar-refractivity contribution is 0.294. The Morgan fingerprint density at radius 3 is 0.461 bits per heavy atom. The van der Waals surface area contributed by atoms with E-state index >= 15 is 0 Å². The summed E-state index contributed by atoms with van der Waals surface area (Å²) in [5.74, 6) is 19.7. The van der Waals surface area contributed by atoms with Crippen molar-refractivity contribution in [2.45, 2.75) is 441 Å². The van der Waals surface area contributed by atoms with Gasteiger partial charge in [0.25, 0.3) is 0 Å². The van der Waals surface area contributed by atoms with Gasteiger partial charge in [-0.1, -0.05) is 412 Å². The molecule has 3 rings (SSSR count). The zero-order valence-electron chi connectivity index (χ0n) is 68.6. The molecule has 0 amide bonds. The van der Waals surface area contributed by atoms with Gasteiger partial charge in [-0.15, -0.1) is 0 Å². The molecule has 0 radical (unpaired) electrons. The second-order valence-electron chi connectivity index (χ2n) is 30.8. The third-order valence-corrected chi connectivity index (χ3v) is 20.8. The fourth-order valence-electron chi connectivity index (χ4n) is 14.0. The molecule has 582 valence electrons. The molecule has 0 fully saturated rings. The van der Waals surface area contributed by atoms with Crippen molar-refractivity contribution in [3.05, 3.63) is 69.8 Å². The molecule has 0 bridgehead atoms. The number of ether oxygens (including phenoxy) is 6. The van der Waals surface area contributed by atoms with Crippen molar-refractivity contribution in [3.63, 3.8) is 0 Å². The Kier molecular flexibility index (Phi) is 61.5. The molecule has 0 aliphatic carbocycles. The lowest BCUT2D eigenvalue weighted by Gasteiger charge is -2.15. The Bertz CT molecular complexity index is 2350. The molecule has 0 heterocycles. The number of hydrogen-bond acceptors (Lipinski definition) is 6. The van der Waals surface area contributed by atoms with Crippen LogP contribution in [0.4, 0.5) is 0 Å². The van der Waals surface area contributed by atoms with E-state index in [1.165, 1.54) is 334 Å². The van der Waals surface area contributed by atoms with Crippen molar-refractivity contribution in [1.82, 2.24) is 0 Å². The van der Waals surface area contributed by atoms with Crippen molar-refractivity contribution >= 4 is 0 Å². The van der Waals surface area contributed by atoms with E-state index in [-0.39, 0.29) is 0 Å². The molecule has 3 aromatic rings. The van der Waals surface area contributed by atoms with E-state index in [0.717, 1.165) is 119 Å². The average molecular weight is 1410 g/mol. The van der Waals surface area contributed by atoms with Crippen molar-refractivity contribution in [1.29, 1.82) is 0 Å². The number of unbranched alkanes of at least 4 members (excludes halogenated alkanes) is 54. The highest BCUT2D eigenvalue weighted by Gasteiger charge is 2.16. The summed E-state index contributed by atoms with van der Waals surface area (Å²) in [6.45, 7) is 22.1. The average Bonchev–Trinajstić information content (AvgIpc) is 0.814. The van der Waals surface area contributed by atoms with E-state index in [4.69, 9.17) is 28.4 Å². The maximum absolute atomic E-state index is 6.96. The highest BCUT2D eigenvalue weighted by atomic mass is 16.5. The van der Waals surface area contributed by atoms with Crippen molar-refractivity contribution in [2.24, 2.45) is 0 Å². The molecule has 0 aliphatic heterocycles. The number of hydrogen-bond donors (Lipinski definition) is 0. The van der Waals surface area contributed by atoms with Crippen LogP contribution in [0.3, 0.4) is 0 Å². The standard InChI is InChI=1S/C96H162O6/c1-9-15-21-27-33-39-45-51-57-63-73-97-91-81-87(93(79-85(91)7)99-75-65-59-53-47-41-35-29-23-17-11-3)69-71-89-83-96(102-78-68-62-56-50-44-38-32-26-20-14-6)90(84-95(89)101-77-67-61-55-49-43-37-31-25-19-13-5)72-70-88-82-92(98-74-64-58-52-46-40-34-28-22-16-10-2)86(8)80-94(88)100-76-66-60-54-48-42-36-30-24-18-12-4/h79-84H,9-68,73-78H2,1-8H3. The van der Waals surface area contributed by atoms with Gasteiger partial charge in [-0.05, 0) is 87.8 Å². The van der Waals surface area contributed by atoms with E-state index < -0.39 is 0 Å². The maximum Gasteiger partial charge on any atom is 0.136 e. The summed E-state index contributed by atoms with van der Waals surface area (Å²) in [6, 6.07) is 12.9. The second kappa shape index (κ2) is 68.4. The molecule has 0 unspecified atom stereocenters. The minimum Gasteiger partial charge on any atom is -0.493 e. The van der Waals surface area contributed by atoms with E-state index in [9.17, 15) is 0 Å². The Balaban J connectivity index is 2.11. The van der Waals surface area contributed by atoms with Crippen LogP contribution in [0.2, 0.25) is 0 Å². The normalized spacial score (nSPS) is 11.2. The first-order valence-corrected chi connectivity index (χ1v) is 44.7. The summed E-state index contributed by atoms with van der Waals surface area (Å²) < 4.78 is 40.7. The number of rotatable bonds is 72. The second-order valence-corrected chi connectivity index (χ2v) is 30.8. The van der Waals surface area contributed by atoms with Gasteiger partial charge in [-0.2, -0.15) is 0 Å². The van der Waals surface area contributed by atoms with Crippen LogP contribution in [0.5, 0.6) is 34.5 Å². The summed E-state index contributed by atoms with van der Waals surface area (Å²) in [4.78, 5) is 0. The fraction of sp³-hybridized carbons (Fsp3) is 0.771. The van der Waals surface area contributed by atoms with Crippen molar-refractivity contribution in [2.75, 3.05) is 39.6 Å². The largest absolute Gasteiger partial charge is 0.493 e. The van der Waals surface area contributed by atoms with Gasteiger partial charge in [0.1, 0.15) is 34.5 Å². The zero-order valence-corrected chi connectivity index (χ0v) is 68.6. The predicted molar refractivity (Wildman–Crippen MR) is 445 cm³/mol. The van der Waals surface area contributed by atoms with Crippen LogP contribution in [0.15, 0.2) is 36.4 Å². The molecule has 0 spiro atoms. The van der Waals surface area contributed by atoms with Crippen LogP contribution in [-0.4, -0.2) is 39.6 Å². The van der Waals surface area contributed by atoms with Crippen molar-refractivity contribution < 1.29 is 28.4 Å². The molecule has 0 saturated heterocycles. The van der Waals surface area contributed by atoms with Crippen LogP contribution in [0, 0.1) is 37.5 Å². The third kappa shape index (κ3) is 49.4. The molecule has 3 aromatic carbocycles.